The zero-order valence-corrected chi connectivity index (χ0v) is 24.4. The minimum atomic E-state index is -5.00. The molecule has 2 aromatic carbocycles. The van der Waals surface area contributed by atoms with Crippen molar-refractivity contribution in [2.24, 2.45) is 5.41 Å². The van der Waals surface area contributed by atoms with E-state index in [4.69, 9.17) is 0 Å². The van der Waals surface area contributed by atoms with E-state index in [1.165, 1.54) is 24.3 Å². The summed E-state index contributed by atoms with van der Waals surface area (Å²) in [6.07, 6.45) is -3.66. The first-order valence-corrected chi connectivity index (χ1v) is 14.5. The molecule has 1 aromatic heterocycles. The van der Waals surface area contributed by atoms with Crippen LogP contribution in [0.4, 0.5) is 22.0 Å². The Morgan fingerprint density at radius 2 is 1.74 bits per heavy atom. The van der Waals surface area contributed by atoms with E-state index >= 15 is 0 Å². The highest BCUT2D eigenvalue weighted by Crippen LogP contribution is 2.56. The van der Waals surface area contributed by atoms with Crippen molar-refractivity contribution in [3.8, 4) is 5.75 Å². The predicted octanol–water partition coefficient (Wildman–Crippen LogP) is 7.93. The van der Waals surface area contributed by atoms with Gasteiger partial charge in [0.25, 0.3) is 5.91 Å². The zero-order chi connectivity index (χ0) is 30.9. The van der Waals surface area contributed by atoms with E-state index in [1.54, 1.807) is 25.1 Å². The quantitative estimate of drug-likeness (QED) is 0.261. The molecule has 4 aliphatic carbocycles. The average Bonchev–Trinajstić information content (AvgIpc) is 2.91. The van der Waals surface area contributed by atoms with E-state index in [0.717, 1.165) is 6.07 Å². The lowest BCUT2D eigenvalue weighted by molar-refractivity contribution is -0.274. The molecule has 2 bridgehead atoms. The van der Waals surface area contributed by atoms with E-state index in [1.807, 2.05) is 0 Å². The number of amides is 1. The van der Waals surface area contributed by atoms with Gasteiger partial charge in [0.1, 0.15) is 5.75 Å². The summed E-state index contributed by atoms with van der Waals surface area (Å²) < 4.78 is 72.7. The van der Waals surface area contributed by atoms with Crippen LogP contribution in [0.3, 0.4) is 0 Å². The third-order valence-corrected chi connectivity index (χ3v) is 9.54. The second kappa shape index (κ2) is 10.0. The van der Waals surface area contributed by atoms with Crippen LogP contribution < -0.4 is 10.1 Å². The van der Waals surface area contributed by atoms with Crippen molar-refractivity contribution < 1.29 is 41.4 Å². The summed E-state index contributed by atoms with van der Waals surface area (Å²) in [5.74, 6) is -5.50. The number of hydrogen-bond donors (Lipinski definition) is 2. The van der Waals surface area contributed by atoms with E-state index in [-0.39, 0.29) is 55.2 Å². The van der Waals surface area contributed by atoms with Gasteiger partial charge in [0.2, 0.25) is 5.92 Å². The van der Waals surface area contributed by atoms with Gasteiger partial charge in [0, 0.05) is 39.9 Å². The summed E-state index contributed by atoms with van der Waals surface area (Å²) in [7, 11) is 0. The fourth-order valence-corrected chi connectivity index (χ4v) is 7.19. The molecule has 0 radical (unpaired) electrons. The van der Waals surface area contributed by atoms with Gasteiger partial charge in [-0.3, -0.25) is 14.6 Å². The van der Waals surface area contributed by atoms with Crippen LogP contribution in [0.5, 0.6) is 5.75 Å². The van der Waals surface area contributed by atoms with Gasteiger partial charge in [-0.25, -0.2) is 8.78 Å². The van der Waals surface area contributed by atoms with Crippen LogP contribution in [0.15, 0.2) is 53.0 Å². The fraction of sp³-hybridized carbons (Fsp3) is 0.387. The van der Waals surface area contributed by atoms with Crippen LogP contribution in [-0.2, 0) is 4.79 Å². The first kappa shape index (κ1) is 29.5. The first-order chi connectivity index (χ1) is 20.1. The van der Waals surface area contributed by atoms with Crippen molar-refractivity contribution in [1.29, 1.82) is 0 Å². The van der Waals surface area contributed by atoms with Crippen LogP contribution in [0.1, 0.15) is 71.6 Å². The van der Waals surface area contributed by atoms with Gasteiger partial charge in [-0.2, -0.15) is 0 Å². The third-order valence-electron chi connectivity index (χ3n) is 9.05. The molecule has 1 amide bonds. The van der Waals surface area contributed by atoms with Crippen LogP contribution in [0, 0.1) is 12.3 Å². The summed E-state index contributed by atoms with van der Waals surface area (Å²) in [5, 5.41) is 13.7. The Morgan fingerprint density at radius 3 is 2.37 bits per heavy atom. The molecule has 2 N–H and O–H groups in total. The molecule has 0 saturated heterocycles. The molecule has 2 fully saturated rings. The number of halogens is 6. The van der Waals surface area contributed by atoms with Crippen molar-refractivity contribution in [2.45, 2.75) is 69.2 Å². The van der Waals surface area contributed by atoms with Crippen molar-refractivity contribution >= 4 is 44.3 Å². The number of benzene rings is 2. The Kier molecular flexibility index (Phi) is 6.87. The maximum Gasteiger partial charge on any atom is 0.573 e. The average molecular weight is 665 g/mol. The van der Waals surface area contributed by atoms with Gasteiger partial charge < -0.3 is 15.2 Å². The van der Waals surface area contributed by atoms with Gasteiger partial charge >= 0.3 is 12.3 Å². The van der Waals surface area contributed by atoms with Gasteiger partial charge in [-0.15, -0.1) is 13.2 Å². The number of aliphatic carboxylic acids is 1. The lowest BCUT2D eigenvalue weighted by Crippen LogP contribution is -2.57. The molecule has 4 aliphatic rings. The molecular weight excluding hydrogens is 639 g/mol. The first-order valence-electron chi connectivity index (χ1n) is 13.7. The van der Waals surface area contributed by atoms with Crippen molar-refractivity contribution in [3.63, 3.8) is 0 Å². The fourth-order valence-electron chi connectivity index (χ4n) is 6.83. The summed E-state index contributed by atoms with van der Waals surface area (Å²) in [5.41, 5.74) is -0.739. The van der Waals surface area contributed by atoms with Crippen LogP contribution >= 0.6 is 15.9 Å². The normalized spacial score (nSPS) is 24.8. The highest BCUT2D eigenvalue weighted by atomic mass is 79.9. The van der Waals surface area contributed by atoms with E-state index in [2.05, 4.69) is 31.0 Å². The summed E-state index contributed by atoms with van der Waals surface area (Å²) in [6, 6.07) is 10.6. The maximum absolute atomic E-state index is 14.3. The Bertz CT molecular complexity index is 1690. The van der Waals surface area contributed by atoms with Gasteiger partial charge in [0.15, 0.2) is 0 Å². The molecule has 43 heavy (non-hydrogen) atoms. The molecule has 12 heteroatoms. The Balaban J connectivity index is 1.47. The second-order valence-corrected chi connectivity index (χ2v) is 12.6. The number of fused-ring (bicyclic) bond motifs is 3. The highest BCUT2D eigenvalue weighted by Gasteiger charge is 2.55. The van der Waals surface area contributed by atoms with E-state index in [9.17, 15) is 36.6 Å². The summed E-state index contributed by atoms with van der Waals surface area (Å²) in [6.45, 7) is 1.66. The SMILES string of the molecule is Cc1c(C2CC(F)(F)C2)nc2ccc(Br)cc2c1C(=O)NC12CCC(C(=O)O)(C=C1c1ccccc1OC(F)(F)F)CC2. The number of hydrogen-bond acceptors (Lipinski definition) is 4. The monoisotopic (exact) mass is 664 g/mol. The predicted molar refractivity (Wildman–Crippen MR) is 151 cm³/mol. The zero-order valence-electron chi connectivity index (χ0n) is 22.8. The van der Waals surface area contributed by atoms with E-state index < -0.39 is 46.8 Å². The largest absolute Gasteiger partial charge is 0.573 e. The van der Waals surface area contributed by atoms with Gasteiger partial charge in [-0.1, -0.05) is 40.2 Å². The molecule has 1 heterocycles. The molecular formula is C31H26BrF5N2O4. The number of carboxylic acid groups (broad SMARTS) is 1. The smallest absolute Gasteiger partial charge is 0.481 e. The van der Waals surface area contributed by atoms with Crippen molar-refractivity contribution in [1.82, 2.24) is 10.3 Å². The maximum atomic E-state index is 14.3. The Labute approximate surface area is 251 Å². The molecule has 0 aliphatic heterocycles. The number of para-hydroxylation sites is 1. The third kappa shape index (κ3) is 5.17. The number of carbonyl (C=O) groups excluding carboxylic acids is 1. The number of carbonyl (C=O) groups is 2. The number of aromatic nitrogens is 1. The van der Waals surface area contributed by atoms with Gasteiger partial charge in [0.05, 0.1) is 22.0 Å². The lowest BCUT2D eigenvalue weighted by atomic mass is 9.57. The number of nitrogens with zero attached hydrogens (tertiary/aromatic N) is 1. The van der Waals surface area contributed by atoms with Crippen LogP contribution in [-0.4, -0.2) is 39.8 Å². The summed E-state index contributed by atoms with van der Waals surface area (Å²) >= 11 is 3.42. The number of rotatable bonds is 6. The number of carboxylic acids is 1. The highest BCUT2D eigenvalue weighted by molar-refractivity contribution is 9.10. The molecule has 0 unspecified atom stereocenters. The molecule has 6 nitrogen and oxygen atoms in total. The minimum Gasteiger partial charge on any atom is -0.481 e. The van der Waals surface area contributed by atoms with Crippen LogP contribution in [0.2, 0.25) is 0 Å². The number of pyridine rings is 1. The van der Waals surface area contributed by atoms with Crippen molar-refractivity contribution in [3.05, 3.63) is 75.4 Å². The standard InChI is InChI=1S/C31H26BrF5N2O4/c1-16-24(20-12-18(32)6-7-22(20)38-25(16)17-13-30(33,34)14-17)26(40)39-29-10-8-28(9-11-29,27(41)42)15-21(29)19-4-2-3-5-23(19)43-31(35,36)37/h2-7,12,15,17H,8-11,13-14H2,1H3,(H,39,40)(H,41,42). The summed E-state index contributed by atoms with van der Waals surface area (Å²) in [4.78, 5) is 31.3. The number of ether oxygens (including phenoxy) is 1. The molecule has 0 spiro atoms. The second-order valence-electron chi connectivity index (χ2n) is 11.7. The molecule has 0 atom stereocenters. The minimum absolute atomic E-state index is 0.0293. The molecule has 7 rings (SSSR count). The Morgan fingerprint density at radius 1 is 1.07 bits per heavy atom. The van der Waals surface area contributed by atoms with E-state index in [0.29, 0.717) is 26.6 Å². The molecule has 3 aromatic rings. The van der Waals surface area contributed by atoms with Crippen molar-refractivity contribution in [2.75, 3.05) is 0 Å². The number of alkyl halides is 5. The van der Waals surface area contributed by atoms with Gasteiger partial charge in [-0.05, 0) is 68.0 Å². The molecule has 226 valence electrons. The number of nitrogens with one attached hydrogen (secondary N) is 1. The lowest BCUT2D eigenvalue weighted by Gasteiger charge is -2.51. The topological polar surface area (TPSA) is 88.5 Å². The van der Waals surface area contributed by atoms with Crippen LogP contribution in [0.25, 0.3) is 16.5 Å². The Hall–Kier alpha value is -3.54. The molecule has 2 saturated carbocycles.